The highest BCUT2D eigenvalue weighted by molar-refractivity contribution is 8.00. The first-order valence-corrected chi connectivity index (χ1v) is 5.97. The van der Waals surface area contributed by atoms with Gasteiger partial charge in [0.1, 0.15) is 5.82 Å². The summed E-state index contributed by atoms with van der Waals surface area (Å²) in [6.07, 6.45) is 0. The molecule has 17 heavy (non-hydrogen) atoms. The second-order valence-corrected chi connectivity index (χ2v) is 4.11. The molecule has 0 atom stereocenters. The Labute approximate surface area is 103 Å². The lowest BCUT2D eigenvalue weighted by Gasteiger charge is -2.04. The lowest BCUT2D eigenvalue weighted by Crippen LogP contribution is -2.15. The van der Waals surface area contributed by atoms with Gasteiger partial charge in [0.2, 0.25) is 5.91 Å². The Kier molecular flexibility index (Phi) is 5.48. The van der Waals surface area contributed by atoms with Crippen molar-refractivity contribution in [1.82, 2.24) is 0 Å². The Hall–Kier alpha value is -1.56. The first-order chi connectivity index (χ1) is 8.11. The standard InChI is InChI=1S/C11H12FNO3S/c1-16-11(15)7-17-6-10(14)13-9-4-2-8(12)3-5-9/h2-5H,6-7H2,1H3,(H,13,14). The number of hydrogen-bond acceptors (Lipinski definition) is 4. The molecule has 0 aromatic heterocycles. The summed E-state index contributed by atoms with van der Waals surface area (Å²) in [6, 6.07) is 5.46. The first-order valence-electron chi connectivity index (χ1n) is 4.82. The van der Waals surface area contributed by atoms with Crippen LogP contribution in [0.4, 0.5) is 10.1 Å². The van der Waals surface area contributed by atoms with Crippen molar-refractivity contribution in [2.45, 2.75) is 0 Å². The van der Waals surface area contributed by atoms with Crippen LogP contribution >= 0.6 is 11.8 Å². The molecule has 1 aromatic rings. The number of anilines is 1. The van der Waals surface area contributed by atoms with Gasteiger partial charge in [-0.05, 0) is 24.3 Å². The van der Waals surface area contributed by atoms with Crippen LogP contribution in [0.2, 0.25) is 0 Å². The van der Waals surface area contributed by atoms with E-state index < -0.39 is 0 Å². The maximum atomic E-state index is 12.6. The van der Waals surface area contributed by atoms with Gasteiger partial charge in [0, 0.05) is 5.69 Å². The van der Waals surface area contributed by atoms with E-state index in [0.717, 1.165) is 11.8 Å². The van der Waals surface area contributed by atoms with E-state index in [9.17, 15) is 14.0 Å². The largest absolute Gasteiger partial charge is 0.468 e. The van der Waals surface area contributed by atoms with Gasteiger partial charge in [-0.1, -0.05) is 0 Å². The van der Waals surface area contributed by atoms with Gasteiger partial charge < -0.3 is 10.1 Å². The van der Waals surface area contributed by atoms with Gasteiger partial charge in [-0.2, -0.15) is 0 Å². The quantitative estimate of drug-likeness (QED) is 0.815. The number of hydrogen-bond donors (Lipinski definition) is 1. The average Bonchev–Trinajstić information content (AvgIpc) is 2.32. The number of thioether (sulfide) groups is 1. The van der Waals surface area contributed by atoms with Crippen molar-refractivity contribution in [2.75, 3.05) is 23.9 Å². The van der Waals surface area contributed by atoms with E-state index >= 15 is 0 Å². The Morgan fingerprint density at radius 1 is 1.29 bits per heavy atom. The molecule has 1 rings (SSSR count). The minimum atomic E-state index is -0.371. The number of carbonyl (C=O) groups is 2. The molecule has 1 amide bonds. The third-order valence-electron chi connectivity index (χ3n) is 1.81. The van der Waals surface area contributed by atoms with Gasteiger partial charge in [-0.15, -0.1) is 11.8 Å². The summed E-state index contributed by atoms with van der Waals surface area (Å²) in [4.78, 5) is 22.2. The van der Waals surface area contributed by atoms with Crippen LogP contribution in [0.3, 0.4) is 0 Å². The number of ether oxygens (including phenoxy) is 1. The molecule has 6 heteroatoms. The van der Waals surface area contributed by atoms with E-state index in [4.69, 9.17) is 0 Å². The number of amides is 1. The Morgan fingerprint density at radius 2 is 1.94 bits per heavy atom. The van der Waals surface area contributed by atoms with Gasteiger partial charge in [-0.3, -0.25) is 9.59 Å². The summed E-state index contributed by atoms with van der Waals surface area (Å²) >= 11 is 1.16. The summed E-state index contributed by atoms with van der Waals surface area (Å²) in [6.45, 7) is 0. The van der Waals surface area contributed by atoms with E-state index in [2.05, 4.69) is 10.1 Å². The van der Waals surface area contributed by atoms with E-state index in [-0.39, 0.29) is 29.2 Å². The van der Waals surface area contributed by atoms with Crippen molar-refractivity contribution in [3.63, 3.8) is 0 Å². The lowest BCUT2D eigenvalue weighted by molar-refractivity contribution is -0.137. The molecule has 1 aromatic carbocycles. The van der Waals surface area contributed by atoms with Crippen molar-refractivity contribution in [3.8, 4) is 0 Å². The second kappa shape index (κ2) is 6.90. The molecule has 0 fully saturated rings. The molecule has 0 saturated heterocycles. The van der Waals surface area contributed by atoms with Crippen LogP contribution in [-0.2, 0) is 14.3 Å². The molecule has 0 aliphatic heterocycles. The fourth-order valence-corrected chi connectivity index (χ4v) is 1.66. The SMILES string of the molecule is COC(=O)CSCC(=O)Nc1ccc(F)cc1. The maximum Gasteiger partial charge on any atom is 0.315 e. The number of methoxy groups -OCH3 is 1. The van der Waals surface area contributed by atoms with Gasteiger partial charge in [0.25, 0.3) is 0 Å². The van der Waals surface area contributed by atoms with Crippen LogP contribution in [0, 0.1) is 5.82 Å². The van der Waals surface area contributed by atoms with Crippen LogP contribution in [0.1, 0.15) is 0 Å². The zero-order valence-electron chi connectivity index (χ0n) is 9.23. The van der Waals surface area contributed by atoms with Gasteiger partial charge >= 0.3 is 5.97 Å². The number of rotatable bonds is 5. The van der Waals surface area contributed by atoms with Crippen LogP contribution in [0.5, 0.6) is 0 Å². The number of esters is 1. The maximum absolute atomic E-state index is 12.6. The van der Waals surface area contributed by atoms with Crippen LogP contribution in [-0.4, -0.2) is 30.5 Å². The predicted molar refractivity (Wildman–Crippen MR) is 64.4 cm³/mol. The van der Waals surface area contributed by atoms with E-state index in [1.807, 2.05) is 0 Å². The highest BCUT2D eigenvalue weighted by Gasteiger charge is 2.05. The number of halogens is 1. The molecule has 4 nitrogen and oxygen atoms in total. The number of benzene rings is 1. The zero-order valence-corrected chi connectivity index (χ0v) is 10.1. The van der Waals surface area contributed by atoms with Gasteiger partial charge in [0.15, 0.2) is 0 Å². The second-order valence-electron chi connectivity index (χ2n) is 3.12. The summed E-state index contributed by atoms with van der Waals surface area (Å²) in [5, 5.41) is 2.58. The van der Waals surface area contributed by atoms with Crippen molar-refractivity contribution in [3.05, 3.63) is 30.1 Å². The normalized spacial score (nSPS) is 9.76. The summed E-state index contributed by atoms with van der Waals surface area (Å²) in [5.74, 6) is -0.696. The molecular weight excluding hydrogens is 245 g/mol. The topological polar surface area (TPSA) is 55.4 Å². The highest BCUT2D eigenvalue weighted by Crippen LogP contribution is 2.09. The molecule has 0 spiro atoms. The monoisotopic (exact) mass is 257 g/mol. The number of carbonyl (C=O) groups excluding carboxylic acids is 2. The Bertz CT molecular complexity index is 394. The molecule has 92 valence electrons. The molecule has 0 radical (unpaired) electrons. The third-order valence-corrected chi connectivity index (χ3v) is 2.71. The van der Waals surface area contributed by atoms with Crippen LogP contribution < -0.4 is 5.32 Å². The molecule has 1 N–H and O–H groups in total. The van der Waals surface area contributed by atoms with Gasteiger partial charge in [-0.25, -0.2) is 4.39 Å². The third kappa shape index (κ3) is 5.35. The van der Waals surface area contributed by atoms with Crippen molar-refractivity contribution < 1.29 is 18.7 Å². The zero-order chi connectivity index (χ0) is 12.7. The molecule has 0 heterocycles. The predicted octanol–water partition coefficient (Wildman–Crippen LogP) is 1.67. The first kappa shape index (κ1) is 13.5. The fourth-order valence-electron chi connectivity index (χ4n) is 1.02. The summed E-state index contributed by atoms with van der Waals surface area (Å²) in [7, 11) is 1.29. The Balaban J connectivity index is 2.30. The van der Waals surface area contributed by atoms with Crippen molar-refractivity contribution in [2.24, 2.45) is 0 Å². The molecule has 0 aliphatic carbocycles. The molecule has 0 unspecified atom stereocenters. The van der Waals surface area contributed by atoms with Crippen LogP contribution in [0.15, 0.2) is 24.3 Å². The highest BCUT2D eigenvalue weighted by atomic mass is 32.2. The minimum absolute atomic E-state index is 0.132. The lowest BCUT2D eigenvalue weighted by atomic mass is 10.3. The summed E-state index contributed by atoms with van der Waals surface area (Å²) < 4.78 is 17.0. The molecule has 0 bridgehead atoms. The van der Waals surface area contributed by atoms with E-state index in [1.165, 1.54) is 31.4 Å². The average molecular weight is 257 g/mol. The van der Waals surface area contributed by atoms with E-state index in [1.54, 1.807) is 0 Å². The summed E-state index contributed by atoms with van der Waals surface area (Å²) in [5.41, 5.74) is 0.523. The molecule has 0 aliphatic rings. The molecular formula is C11H12FNO3S. The number of nitrogens with one attached hydrogen (secondary N) is 1. The Morgan fingerprint density at radius 3 is 2.53 bits per heavy atom. The van der Waals surface area contributed by atoms with Crippen molar-refractivity contribution >= 4 is 29.3 Å². The molecule has 0 saturated carbocycles. The van der Waals surface area contributed by atoms with E-state index in [0.29, 0.717) is 5.69 Å². The van der Waals surface area contributed by atoms with Gasteiger partial charge in [0.05, 0.1) is 18.6 Å². The fraction of sp³-hybridized carbons (Fsp3) is 0.273. The minimum Gasteiger partial charge on any atom is -0.468 e. The smallest absolute Gasteiger partial charge is 0.315 e. The van der Waals surface area contributed by atoms with Crippen LogP contribution in [0.25, 0.3) is 0 Å². The van der Waals surface area contributed by atoms with Crippen molar-refractivity contribution in [1.29, 1.82) is 0 Å².